The summed E-state index contributed by atoms with van der Waals surface area (Å²) < 4.78 is 5.47. The van der Waals surface area contributed by atoms with E-state index in [0.29, 0.717) is 15.8 Å². The number of rotatable bonds is 2. The van der Waals surface area contributed by atoms with Gasteiger partial charge < -0.3 is 4.42 Å². The van der Waals surface area contributed by atoms with Crippen molar-refractivity contribution in [2.75, 3.05) is 0 Å². The third kappa shape index (κ3) is 2.16. The Morgan fingerprint density at radius 2 is 2.11 bits per heavy atom. The van der Waals surface area contributed by atoms with Crippen molar-refractivity contribution in [2.24, 2.45) is 0 Å². The number of hydrogen-bond donors (Lipinski definition) is 0. The van der Waals surface area contributed by atoms with Gasteiger partial charge in [0.2, 0.25) is 0 Å². The predicted octanol–water partition coefficient (Wildman–Crippen LogP) is 3.10. The first kappa shape index (κ1) is 11.4. The summed E-state index contributed by atoms with van der Waals surface area (Å²) in [6.45, 7) is 1.85. The topological polar surface area (TPSA) is 56.0 Å². The van der Waals surface area contributed by atoms with Crippen LogP contribution < -0.4 is 4.74 Å². The third-order valence-corrected chi connectivity index (χ3v) is 4.06. The fraction of sp³-hybridized carbons (Fsp3) is 0.0833. The normalized spacial score (nSPS) is 10.9. The molecule has 4 nitrogen and oxygen atoms in total. The van der Waals surface area contributed by atoms with Gasteiger partial charge in [-0.05, 0) is 30.8 Å². The van der Waals surface area contributed by atoms with Gasteiger partial charge in [0, 0.05) is 11.1 Å². The van der Waals surface area contributed by atoms with E-state index < -0.39 is 0 Å². The lowest BCUT2D eigenvalue weighted by Crippen LogP contribution is -2.01. The molecule has 2 aromatic heterocycles. The van der Waals surface area contributed by atoms with Crippen molar-refractivity contribution in [3.8, 4) is 0 Å². The second kappa shape index (κ2) is 4.55. The van der Waals surface area contributed by atoms with E-state index >= 15 is 0 Å². The Morgan fingerprint density at radius 1 is 1.28 bits per heavy atom. The van der Waals surface area contributed by atoms with Gasteiger partial charge in [-0.3, -0.25) is 4.79 Å². The minimum absolute atomic E-state index is 0.0761. The van der Waals surface area contributed by atoms with Crippen LogP contribution in [0.4, 0.5) is 0 Å². The molecule has 18 heavy (non-hydrogen) atoms. The van der Waals surface area contributed by atoms with Gasteiger partial charge >= 0.3 is 0 Å². The van der Waals surface area contributed by atoms with Crippen molar-refractivity contribution in [1.29, 1.82) is 0 Å². The van der Waals surface area contributed by atoms with E-state index in [1.165, 1.54) is 0 Å². The maximum atomic E-state index is 11.7. The van der Waals surface area contributed by atoms with Gasteiger partial charge in [-0.25, -0.2) is 9.97 Å². The highest BCUT2D eigenvalue weighted by Crippen LogP contribution is 2.27. The predicted molar refractivity (Wildman–Crippen MR) is 71.3 cm³/mol. The zero-order valence-corrected chi connectivity index (χ0v) is 11.0. The first-order chi connectivity index (χ1) is 8.72. The Balaban J connectivity index is 2.01. The standard InChI is InChI=1S/C12H8N2O2S2/c1-7-6-17-11(15)10(13-7)18-12-14-8-4-2-3-5-9(8)16-12/h2-6H,1H3. The van der Waals surface area contributed by atoms with Gasteiger partial charge in [0.05, 0.1) is 0 Å². The number of fused-ring (bicyclic) bond motifs is 1. The maximum absolute atomic E-state index is 11.7. The van der Waals surface area contributed by atoms with E-state index in [0.717, 1.165) is 34.3 Å². The summed E-state index contributed by atoms with van der Waals surface area (Å²) in [5, 5.41) is 2.59. The van der Waals surface area contributed by atoms with Gasteiger partial charge in [0.15, 0.2) is 10.6 Å². The minimum atomic E-state index is -0.0761. The molecule has 0 N–H and O–H groups in total. The first-order valence-corrected chi connectivity index (χ1v) is 6.92. The minimum Gasteiger partial charge on any atom is -0.431 e. The molecule has 0 aliphatic heterocycles. The van der Waals surface area contributed by atoms with Gasteiger partial charge in [-0.15, -0.1) is 0 Å². The van der Waals surface area contributed by atoms with Gasteiger partial charge in [-0.2, -0.15) is 0 Å². The van der Waals surface area contributed by atoms with E-state index in [2.05, 4.69) is 9.97 Å². The molecule has 0 bridgehead atoms. The molecule has 0 saturated carbocycles. The summed E-state index contributed by atoms with van der Waals surface area (Å²) in [7, 11) is 0. The molecule has 0 unspecified atom stereocenters. The molecule has 0 aliphatic carbocycles. The molecule has 1 aromatic carbocycles. The van der Waals surface area contributed by atoms with Crippen molar-refractivity contribution in [3.63, 3.8) is 0 Å². The second-order valence-corrected chi connectivity index (χ2v) is 5.41. The molecule has 0 fully saturated rings. The molecular formula is C12H8N2O2S2. The van der Waals surface area contributed by atoms with Gasteiger partial charge in [0.25, 0.3) is 9.97 Å². The smallest absolute Gasteiger partial charge is 0.265 e. The summed E-state index contributed by atoms with van der Waals surface area (Å²) in [5.74, 6) is 0. The molecule has 0 saturated heterocycles. The molecule has 0 spiro atoms. The highest BCUT2D eigenvalue weighted by Gasteiger charge is 2.11. The van der Waals surface area contributed by atoms with Crippen LogP contribution in [0.15, 0.2) is 49.1 Å². The van der Waals surface area contributed by atoms with E-state index in [9.17, 15) is 4.79 Å². The highest BCUT2D eigenvalue weighted by atomic mass is 32.2. The second-order valence-electron chi connectivity index (χ2n) is 3.63. The lowest BCUT2D eigenvalue weighted by atomic mass is 10.3. The maximum Gasteiger partial charge on any atom is 0.265 e. The van der Waals surface area contributed by atoms with Gasteiger partial charge in [-0.1, -0.05) is 23.5 Å². The lowest BCUT2D eigenvalue weighted by Gasteiger charge is -1.95. The Hall–Kier alpha value is -1.66. The Morgan fingerprint density at radius 3 is 2.94 bits per heavy atom. The molecule has 0 amide bonds. The van der Waals surface area contributed by atoms with Crippen molar-refractivity contribution in [1.82, 2.24) is 9.97 Å². The van der Waals surface area contributed by atoms with E-state index in [1.807, 2.05) is 31.2 Å². The number of nitrogens with zero attached hydrogens (tertiary/aromatic N) is 2. The average molecular weight is 276 g/mol. The SMILES string of the molecule is Cc1csc(=O)c(Sc2nc3ccccc3o2)n1. The van der Waals surface area contributed by atoms with E-state index in [1.54, 1.807) is 5.38 Å². The molecule has 0 atom stereocenters. The molecule has 2 heterocycles. The van der Waals surface area contributed by atoms with Crippen LogP contribution in [0.5, 0.6) is 0 Å². The fourth-order valence-electron chi connectivity index (χ4n) is 1.46. The summed E-state index contributed by atoms with van der Waals surface area (Å²) in [5.41, 5.74) is 2.31. The molecule has 3 rings (SSSR count). The summed E-state index contributed by atoms with van der Waals surface area (Å²) >= 11 is 2.30. The van der Waals surface area contributed by atoms with Crippen LogP contribution in [0.2, 0.25) is 0 Å². The van der Waals surface area contributed by atoms with Crippen LogP contribution in [0.25, 0.3) is 11.1 Å². The van der Waals surface area contributed by atoms with Gasteiger partial charge in [0.1, 0.15) is 5.52 Å². The number of hydrogen-bond acceptors (Lipinski definition) is 6. The number of benzene rings is 1. The Labute approximate surface area is 111 Å². The molecule has 90 valence electrons. The van der Waals surface area contributed by atoms with Crippen LogP contribution in [0.3, 0.4) is 0 Å². The van der Waals surface area contributed by atoms with Crippen molar-refractivity contribution >= 4 is 34.2 Å². The van der Waals surface area contributed by atoms with Crippen molar-refractivity contribution < 1.29 is 4.42 Å². The van der Waals surface area contributed by atoms with Crippen LogP contribution in [-0.4, -0.2) is 9.97 Å². The Bertz CT molecular complexity index is 731. The summed E-state index contributed by atoms with van der Waals surface area (Å²) in [4.78, 5) is 20.2. The number of aromatic nitrogens is 2. The molecule has 3 aromatic rings. The molecule has 6 heteroatoms. The van der Waals surface area contributed by atoms with E-state index in [4.69, 9.17) is 4.42 Å². The van der Waals surface area contributed by atoms with Crippen LogP contribution in [0, 0.1) is 6.92 Å². The van der Waals surface area contributed by atoms with Crippen LogP contribution >= 0.6 is 23.1 Å². The Kier molecular flexibility index (Phi) is 2.89. The van der Waals surface area contributed by atoms with Crippen molar-refractivity contribution in [3.05, 3.63) is 44.9 Å². The summed E-state index contributed by atoms with van der Waals surface area (Å²) in [6, 6.07) is 7.49. The third-order valence-electron chi connectivity index (χ3n) is 2.25. The van der Waals surface area contributed by atoms with Crippen LogP contribution in [0.1, 0.15) is 5.69 Å². The first-order valence-electron chi connectivity index (χ1n) is 5.22. The van der Waals surface area contributed by atoms with E-state index in [-0.39, 0.29) is 4.74 Å². The lowest BCUT2D eigenvalue weighted by molar-refractivity contribution is 0.489. The molecular weight excluding hydrogens is 268 g/mol. The number of oxazole rings is 1. The molecule has 0 aliphatic rings. The fourth-order valence-corrected chi connectivity index (χ4v) is 2.92. The quantitative estimate of drug-likeness (QED) is 0.720. The van der Waals surface area contributed by atoms with Crippen LogP contribution in [-0.2, 0) is 0 Å². The van der Waals surface area contributed by atoms with Crippen molar-refractivity contribution in [2.45, 2.75) is 17.2 Å². The molecule has 0 radical (unpaired) electrons. The largest absolute Gasteiger partial charge is 0.431 e. The zero-order valence-electron chi connectivity index (χ0n) is 9.41. The number of aryl methyl sites for hydroxylation is 1. The average Bonchev–Trinajstić information content (AvgIpc) is 2.76. The highest BCUT2D eigenvalue weighted by molar-refractivity contribution is 7.99. The summed E-state index contributed by atoms with van der Waals surface area (Å²) in [6.07, 6.45) is 0. The monoisotopic (exact) mass is 276 g/mol. The zero-order chi connectivity index (χ0) is 12.5. The number of para-hydroxylation sites is 2.